The number of benzene rings is 2. The highest BCUT2D eigenvalue weighted by atomic mass is 32.1. The van der Waals surface area contributed by atoms with Crippen LogP contribution in [0.1, 0.15) is 17.4 Å². The number of rotatable bonds is 4. The molecular formula is C20H17N3O3S. The van der Waals surface area contributed by atoms with Crippen molar-refractivity contribution in [3.63, 3.8) is 0 Å². The van der Waals surface area contributed by atoms with E-state index in [9.17, 15) is 9.59 Å². The largest absolute Gasteiger partial charge is 0.494 e. The van der Waals surface area contributed by atoms with Crippen LogP contribution in [0.3, 0.4) is 0 Å². The predicted octanol–water partition coefficient (Wildman–Crippen LogP) is 3.81. The third kappa shape index (κ3) is 3.41. The van der Waals surface area contributed by atoms with Crippen LogP contribution in [0.4, 0.5) is 11.4 Å². The summed E-state index contributed by atoms with van der Waals surface area (Å²) in [6.45, 7) is 2.53. The standard InChI is InChI=1S/C20H17N3O3S/c1-2-26-14-9-7-13(8-10-14)19-22-16(12-27-19)20(25)23-11-18(24)21-15-5-3-4-6-17(15)23/h3-10,12H,2,11H2,1H3,(H,21,24). The maximum Gasteiger partial charge on any atom is 0.278 e. The minimum absolute atomic E-state index is 0.0221. The number of ether oxygens (including phenoxy) is 1. The Balaban J connectivity index is 1.60. The Morgan fingerprint density at radius 2 is 2.00 bits per heavy atom. The fourth-order valence-corrected chi connectivity index (χ4v) is 3.72. The maximum absolute atomic E-state index is 13.0. The molecule has 0 radical (unpaired) electrons. The van der Waals surface area contributed by atoms with E-state index in [1.807, 2.05) is 49.4 Å². The summed E-state index contributed by atoms with van der Waals surface area (Å²) in [5, 5.41) is 5.25. The van der Waals surface area contributed by atoms with Crippen molar-refractivity contribution in [2.75, 3.05) is 23.4 Å². The number of carbonyl (C=O) groups excluding carboxylic acids is 2. The van der Waals surface area contributed by atoms with E-state index < -0.39 is 0 Å². The summed E-state index contributed by atoms with van der Waals surface area (Å²) >= 11 is 1.40. The number of para-hydroxylation sites is 2. The Morgan fingerprint density at radius 3 is 2.78 bits per heavy atom. The van der Waals surface area contributed by atoms with Crippen molar-refractivity contribution in [1.82, 2.24) is 4.98 Å². The van der Waals surface area contributed by atoms with Crippen LogP contribution in [0.2, 0.25) is 0 Å². The van der Waals surface area contributed by atoms with Crippen LogP contribution in [0.5, 0.6) is 5.75 Å². The van der Waals surface area contributed by atoms with Crippen molar-refractivity contribution >= 4 is 34.5 Å². The number of nitrogens with zero attached hydrogens (tertiary/aromatic N) is 2. The van der Waals surface area contributed by atoms with Gasteiger partial charge in [0.15, 0.2) is 0 Å². The van der Waals surface area contributed by atoms with E-state index in [-0.39, 0.29) is 18.4 Å². The molecule has 4 rings (SSSR count). The van der Waals surface area contributed by atoms with Gasteiger partial charge in [0.2, 0.25) is 5.91 Å². The lowest BCUT2D eigenvalue weighted by Crippen LogP contribution is -2.42. The quantitative estimate of drug-likeness (QED) is 0.748. The first-order valence-corrected chi connectivity index (χ1v) is 9.43. The highest BCUT2D eigenvalue weighted by molar-refractivity contribution is 7.13. The van der Waals surface area contributed by atoms with E-state index in [1.165, 1.54) is 16.2 Å². The zero-order chi connectivity index (χ0) is 18.8. The molecule has 0 bridgehead atoms. The highest BCUT2D eigenvalue weighted by Gasteiger charge is 2.28. The summed E-state index contributed by atoms with van der Waals surface area (Å²) in [4.78, 5) is 30.9. The van der Waals surface area contributed by atoms with Gasteiger partial charge in [-0.3, -0.25) is 14.5 Å². The molecule has 1 aromatic heterocycles. The summed E-state index contributed by atoms with van der Waals surface area (Å²) in [6.07, 6.45) is 0. The Kier molecular flexibility index (Phi) is 4.60. The van der Waals surface area contributed by atoms with Crippen molar-refractivity contribution in [3.05, 3.63) is 59.6 Å². The summed E-state index contributed by atoms with van der Waals surface area (Å²) in [7, 11) is 0. The fraction of sp³-hybridized carbons (Fsp3) is 0.150. The number of carbonyl (C=O) groups is 2. The summed E-state index contributed by atoms with van der Waals surface area (Å²) in [5.74, 6) is 0.291. The molecular weight excluding hydrogens is 362 g/mol. The number of anilines is 2. The molecule has 0 saturated heterocycles. The molecule has 27 heavy (non-hydrogen) atoms. The van der Waals surface area contributed by atoms with Crippen molar-refractivity contribution < 1.29 is 14.3 Å². The van der Waals surface area contributed by atoms with E-state index >= 15 is 0 Å². The van der Waals surface area contributed by atoms with Gasteiger partial charge in [-0.1, -0.05) is 12.1 Å². The molecule has 136 valence electrons. The average Bonchev–Trinajstić information content (AvgIpc) is 3.18. The lowest BCUT2D eigenvalue weighted by molar-refractivity contribution is -0.115. The van der Waals surface area contributed by atoms with Gasteiger partial charge in [0.1, 0.15) is 23.0 Å². The van der Waals surface area contributed by atoms with Gasteiger partial charge in [-0.25, -0.2) is 4.98 Å². The second-order valence-corrected chi connectivity index (χ2v) is 6.81. The molecule has 0 saturated carbocycles. The maximum atomic E-state index is 13.0. The van der Waals surface area contributed by atoms with Gasteiger partial charge in [-0.15, -0.1) is 11.3 Å². The molecule has 6 nitrogen and oxygen atoms in total. The third-order valence-corrected chi connectivity index (χ3v) is 5.04. The minimum Gasteiger partial charge on any atom is -0.494 e. The fourth-order valence-electron chi connectivity index (χ4n) is 2.92. The van der Waals surface area contributed by atoms with Crippen LogP contribution in [-0.4, -0.2) is 29.9 Å². The average molecular weight is 379 g/mol. The third-order valence-electron chi connectivity index (χ3n) is 4.15. The van der Waals surface area contributed by atoms with Crippen LogP contribution >= 0.6 is 11.3 Å². The van der Waals surface area contributed by atoms with Crippen molar-refractivity contribution in [2.45, 2.75) is 6.92 Å². The molecule has 2 aromatic carbocycles. The van der Waals surface area contributed by atoms with Crippen LogP contribution in [0.25, 0.3) is 10.6 Å². The van der Waals surface area contributed by atoms with E-state index in [0.717, 1.165) is 16.3 Å². The van der Waals surface area contributed by atoms with Crippen LogP contribution in [0.15, 0.2) is 53.9 Å². The number of amides is 2. The first-order chi connectivity index (χ1) is 13.2. The molecule has 1 aliphatic rings. The Morgan fingerprint density at radius 1 is 1.22 bits per heavy atom. The summed E-state index contributed by atoms with van der Waals surface area (Å²) in [5.41, 5.74) is 2.55. The topological polar surface area (TPSA) is 71.5 Å². The second kappa shape index (κ2) is 7.20. The van der Waals surface area contributed by atoms with Gasteiger partial charge in [0.25, 0.3) is 5.91 Å². The first kappa shape index (κ1) is 17.2. The van der Waals surface area contributed by atoms with Gasteiger partial charge in [-0.2, -0.15) is 0 Å². The summed E-state index contributed by atoms with van der Waals surface area (Å²) < 4.78 is 5.45. The van der Waals surface area contributed by atoms with E-state index in [0.29, 0.717) is 23.7 Å². The number of aromatic nitrogens is 1. The summed E-state index contributed by atoms with van der Waals surface area (Å²) in [6, 6.07) is 14.8. The van der Waals surface area contributed by atoms with E-state index in [2.05, 4.69) is 10.3 Å². The second-order valence-electron chi connectivity index (χ2n) is 5.95. The Labute approximate surface area is 160 Å². The number of nitrogens with one attached hydrogen (secondary N) is 1. The molecule has 3 aromatic rings. The van der Waals surface area contributed by atoms with E-state index in [1.54, 1.807) is 11.4 Å². The molecule has 1 N–H and O–H groups in total. The number of hydrogen-bond donors (Lipinski definition) is 1. The molecule has 0 spiro atoms. The highest BCUT2D eigenvalue weighted by Crippen LogP contribution is 2.31. The molecule has 0 fully saturated rings. The van der Waals surface area contributed by atoms with Crippen LogP contribution in [0, 0.1) is 0 Å². The van der Waals surface area contributed by atoms with Gasteiger partial charge in [0, 0.05) is 10.9 Å². The van der Waals surface area contributed by atoms with Crippen molar-refractivity contribution in [3.8, 4) is 16.3 Å². The minimum atomic E-state index is -0.286. The Hall–Kier alpha value is -3.19. The Bertz CT molecular complexity index is 998. The normalized spacial score (nSPS) is 13.1. The molecule has 7 heteroatoms. The lowest BCUT2D eigenvalue weighted by Gasteiger charge is -2.28. The van der Waals surface area contributed by atoms with Gasteiger partial charge in [-0.05, 0) is 43.3 Å². The zero-order valence-electron chi connectivity index (χ0n) is 14.6. The SMILES string of the molecule is CCOc1ccc(-c2nc(C(=O)N3CC(=O)Nc4ccccc43)cs2)cc1. The van der Waals surface area contributed by atoms with Gasteiger partial charge >= 0.3 is 0 Å². The first-order valence-electron chi connectivity index (χ1n) is 8.55. The number of fused-ring (bicyclic) bond motifs is 1. The monoisotopic (exact) mass is 379 g/mol. The van der Waals surface area contributed by atoms with Crippen molar-refractivity contribution in [2.24, 2.45) is 0 Å². The van der Waals surface area contributed by atoms with Crippen molar-refractivity contribution in [1.29, 1.82) is 0 Å². The van der Waals surface area contributed by atoms with Gasteiger partial charge < -0.3 is 10.1 Å². The number of hydrogen-bond acceptors (Lipinski definition) is 5. The molecule has 2 amide bonds. The molecule has 2 heterocycles. The molecule has 0 unspecified atom stereocenters. The zero-order valence-corrected chi connectivity index (χ0v) is 15.5. The molecule has 1 aliphatic heterocycles. The van der Waals surface area contributed by atoms with E-state index in [4.69, 9.17) is 4.74 Å². The predicted molar refractivity (Wildman–Crippen MR) is 105 cm³/mol. The van der Waals surface area contributed by atoms with Crippen LogP contribution < -0.4 is 15.0 Å². The molecule has 0 atom stereocenters. The number of thiazole rings is 1. The van der Waals surface area contributed by atoms with Crippen LogP contribution in [-0.2, 0) is 4.79 Å². The van der Waals surface area contributed by atoms with Gasteiger partial charge in [0.05, 0.1) is 18.0 Å². The smallest absolute Gasteiger partial charge is 0.278 e. The lowest BCUT2D eigenvalue weighted by atomic mass is 10.2. The molecule has 0 aliphatic carbocycles.